The number of ketones is 1. The van der Waals surface area contributed by atoms with Gasteiger partial charge in [-0.2, -0.15) is 0 Å². The van der Waals surface area contributed by atoms with Crippen LogP contribution in [0.1, 0.15) is 44.6 Å². The third-order valence-corrected chi connectivity index (χ3v) is 5.66. The van der Waals surface area contributed by atoms with Crippen molar-refractivity contribution in [2.45, 2.75) is 45.1 Å². The van der Waals surface area contributed by atoms with Gasteiger partial charge in [-0.3, -0.25) is 9.79 Å². The highest BCUT2D eigenvalue weighted by Crippen LogP contribution is 2.33. The molecule has 0 N–H and O–H groups in total. The summed E-state index contributed by atoms with van der Waals surface area (Å²) in [6.07, 6.45) is 8.19. The maximum Gasteiger partial charge on any atom is 0.161 e. The van der Waals surface area contributed by atoms with Crippen molar-refractivity contribution in [1.29, 1.82) is 0 Å². The molecule has 27 heavy (non-hydrogen) atoms. The molecule has 142 valence electrons. The molecule has 0 saturated carbocycles. The first kappa shape index (κ1) is 19.3. The first-order chi connectivity index (χ1) is 13.1. The van der Waals surface area contributed by atoms with Gasteiger partial charge in [0.25, 0.3) is 0 Å². The van der Waals surface area contributed by atoms with Gasteiger partial charge in [-0.15, -0.1) is 0 Å². The monoisotopic (exact) mass is 363 g/mol. The minimum atomic E-state index is -0.211. The average molecular weight is 364 g/mol. The summed E-state index contributed by atoms with van der Waals surface area (Å²) in [5.41, 5.74) is 2.27. The third kappa shape index (κ3) is 4.62. The van der Waals surface area contributed by atoms with Gasteiger partial charge in [0.1, 0.15) is 11.9 Å². The number of nitrogens with zero attached hydrogens (tertiary/aromatic N) is 3. The fraction of sp³-hybridized carbons (Fsp3) is 0.435. The van der Waals surface area contributed by atoms with Crippen LogP contribution in [-0.4, -0.2) is 41.9 Å². The lowest BCUT2D eigenvalue weighted by molar-refractivity contribution is -0.125. The Balaban J connectivity index is 1.60. The maximum atomic E-state index is 13.1. The fourth-order valence-corrected chi connectivity index (χ4v) is 3.87. The SMILES string of the molecule is C=C/C(C)=C\N=C(C)N1CCC(C(=O)C2N=CCC2c2ccccc2)CC1. The predicted molar refractivity (Wildman–Crippen MR) is 112 cm³/mol. The van der Waals surface area contributed by atoms with Crippen LogP contribution in [0.2, 0.25) is 0 Å². The summed E-state index contributed by atoms with van der Waals surface area (Å²) < 4.78 is 0. The summed E-state index contributed by atoms with van der Waals surface area (Å²) in [4.78, 5) is 24.5. The second-order valence-electron chi connectivity index (χ2n) is 7.45. The first-order valence-electron chi connectivity index (χ1n) is 9.79. The zero-order valence-corrected chi connectivity index (χ0v) is 16.3. The number of rotatable bonds is 5. The highest BCUT2D eigenvalue weighted by molar-refractivity contribution is 5.91. The molecule has 4 nitrogen and oxygen atoms in total. The first-order valence-corrected chi connectivity index (χ1v) is 9.79. The Bertz CT molecular complexity index is 755. The fourth-order valence-electron chi connectivity index (χ4n) is 3.87. The number of allylic oxidation sites excluding steroid dienone is 2. The molecule has 1 aromatic rings. The number of hydrogen-bond donors (Lipinski definition) is 0. The molecule has 0 aromatic heterocycles. The van der Waals surface area contributed by atoms with E-state index in [9.17, 15) is 4.79 Å². The van der Waals surface area contributed by atoms with E-state index in [1.165, 1.54) is 5.56 Å². The summed E-state index contributed by atoms with van der Waals surface area (Å²) in [6.45, 7) is 9.51. The van der Waals surface area contributed by atoms with E-state index >= 15 is 0 Å². The van der Waals surface area contributed by atoms with E-state index in [4.69, 9.17) is 0 Å². The summed E-state index contributed by atoms with van der Waals surface area (Å²) in [7, 11) is 0. The average Bonchev–Trinajstić information content (AvgIpc) is 3.21. The van der Waals surface area contributed by atoms with Gasteiger partial charge in [-0.1, -0.05) is 43.0 Å². The lowest BCUT2D eigenvalue weighted by atomic mass is 9.82. The molecule has 1 aromatic carbocycles. The van der Waals surface area contributed by atoms with Gasteiger partial charge in [0.05, 0.1) is 0 Å². The van der Waals surface area contributed by atoms with Gasteiger partial charge in [0, 0.05) is 37.3 Å². The lowest BCUT2D eigenvalue weighted by Crippen LogP contribution is -2.41. The second-order valence-corrected chi connectivity index (χ2v) is 7.45. The third-order valence-electron chi connectivity index (χ3n) is 5.66. The van der Waals surface area contributed by atoms with Gasteiger partial charge in [0.2, 0.25) is 0 Å². The Hall–Kier alpha value is -2.49. The molecule has 0 aliphatic carbocycles. The molecule has 3 rings (SSSR count). The van der Waals surface area contributed by atoms with Crippen molar-refractivity contribution in [3.8, 4) is 0 Å². The molecule has 2 aliphatic heterocycles. The summed E-state index contributed by atoms with van der Waals surface area (Å²) in [6, 6.07) is 10.1. The van der Waals surface area contributed by atoms with E-state index in [0.29, 0.717) is 5.78 Å². The van der Waals surface area contributed by atoms with E-state index < -0.39 is 0 Å². The Kier molecular flexibility index (Phi) is 6.38. The van der Waals surface area contributed by atoms with Crippen LogP contribution in [0.5, 0.6) is 0 Å². The van der Waals surface area contributed by atoms with Crippen LogP contribution in [0, 0.1) is 5.92 Å². The molecule has 0 bridgehead atoms. The number of amidine groups is 1. The topological polar surface area (TPSA) is 45.0 Å². The maximum absolute atomic E-state index is 13.1. The summed E-state index contributed by atoms with van der Waals surface area (Å²) >= 11 is 0. The van der Waals surface area contributed by atoms with Crippen LogP contribution in [0.4, 0.5) is 0 Å². The second kappa shape index (κ2) is 8.94. The predicted octanol–water partition coefficient (Wildman–Crippen LogP) is 4.40. The number of benzene rings is 1. The molecule has 2 unspecified atom stereocenters. The van der Waals surface area contributed by atoms with Crippen LogP contribution >= 0.6 is 0 Å². The molecule has 2 heterocycles. The molecular weight excluding hydrogens is 334 g/mol. The van der Waals surface area contributed by atoms with E-state index in [1.807, 2.05) is 44.5 Å². The lowest BCUT2D eigenvalue weighted by Gasteiger charge is -2.33. The van der Waals surface area contributed by atoms with Crippen LogP contribution in [0.25, 0.3) is 0 Å². The number of aliphatic imine (C=N–C) groups is 2. The Morgan fingerprint density at radius 3 is 2.59 bits per heavy atom. The molecule has 2 aliphatic rings. The van der Waals surface area contributed by atoms with Crippen molar-refractivity contribution in [3.05, 3.63) is 60.3 Å². The van der Waals surface area contributed by atoms with E-state index in [1.54, 1.807) is 6.08 Å². The number of hydrogen-bond acceptors (Lipinski definition) is 3. The molecule has 1 saturated heterocycles. The summed E-state index contributed by atoms with van der Waals surface area (Å²) in [5.74, 6) is 1.62. The number of carbonyl (C=O) groups excluding carboxylic acids is 1. The van der Waals surface area contributed by atoms with Crippen molar-refractivity contribution >= 4 is 17.8 Å². The number of carbonyl (C=O) groups is 1. The van der Waals surface area contributed by atoms with Crippen LogP contribution < -0.4 is 0 Å². The van der Waals surface area contributed by atoms with Crippen molar-refractivity contribution < 1.29 is 4.79 Å². The quantitative estimate of drug-likeness (QED) is 0.442. The van der Waals surface area contributed by atoms with Gasteiger partial charge >= 0.3 is 0 Å². The van der Waals surface area contributed by atoms with Crippen molar-refractivity contribution in [3.63, 3.8) is 0 Å². The van der Waals surface area contributed by atoms with Crippen molar-refractivity contribution in [2.24, 2.45) is 15.9 Å². The standard InChI is InChI=1S/C23H29N3O/c1-4-17(2)16-25-18(3)26-14-11-20(12-15-26)23(27)22-21(10-13-24-22)19-8-6-5-7-9-19/h4-9,13,16,20-22H,1,10-12,14-15H2,2-3H3/b17-16-,25-18?. The van der Waals surface area contributed by atoms with E-state index in [-0.39, 0.29) is 17.9 Å². The Labute approximate surface area is 162 Å². The zero-order chi connectivity index (χ0) is 19.2. The van der Waals surface area contributed by atoms with Crippen LogP contribution in [-0.2, 0) is 4.79 Å². The van der Waals surface area contributed by atoms with Crippen molar-refractivity contribution in [1.82, 2.24) is 4.90 Å². The van der Waals surface area contributed by atoms with Crippen LogP contribution in [0.3, 0.4) is 0 Å². The van der Waals surface area contributed by atoms with E-state index in [2.05, 4.69) is 33.6 Å². The zero-order valence-electron chi connectivity index (χ0n) is 16.3. The molecular formula is C23H29N3O. The highest BCUT2D eigenvalue weighted by atomic mass is 16.1. The minimum absolute atomic E-state index is 0.103. The smallest absolute Gasteiger partial charge is 0.161 e. The molecule has 4 heteroatoms. The molecule has 2 atom stereocenters. The van der Waals surface area contributed by atoms with Gasteiger partial charge < -0.3 is 4.90 Å². The highest BCUT2D eigenvalue weighted by Gasteiger charge is 2.37. The number of Topliss-reactive ketones (excluding diaryl/α,β-unsaturated/α-hetero) is 1. The van der Waals surface area contributed by atoms with E-state index in [0.717, 1.165) is 43.8 Å². The molecule has 0 amide bonds. The largest absolute Gasteiger partial charge is 0.360 e. The van der Waals surface area contributed by atoms with Gasteiger partial charge in [-0.05, 0) is 44.2 Å². The van der Waals surface area contributed by atoms with Gasteiger partial charge in [-0.25, -0.2) is 4.99 Å². The summed E-state index contributed by atoms with van der Waals surface area (Å²) in [5, 5.41) is 0. The normalized spacial score (nSPS) is 24.3. The Morgan fingerprint density at radius 2 is 1.93 bits per heavy atom. The molecule has 1 fully saturated rings. The van der Waals surface area contributed by atoms with Crippen LogP contribution in [0.15, 0.2) is 64.7 Å². The van der Waals surface area contributed by atoms with Gasteiger partial charge in [0.15, 0.2) is 5.78 Å². The Morgan fingerprint density at radius 1 is 1.22 bits per heavy atom. The molecule has 0 radical (unpaired) electrons. The van der Waals surface area contributed by atoms with Crippen molar-refractivity contribution in [2.75, 3.05) is 13.1 Å². The number of piperidine rings is 1. The number of likely N-dealkylation sites (tertiary alicyclic amines) is 1. The molecule has 0 spiro atoms. The minimum Gasteiger partial charge on any atom is -0.360 e.